The molecule has 0 saturated carbocycles. The van der Waals surface area contributed by atoms with E-state index in [1.54, 1.807) is 12.1 Å². The predicted octanol–water partition coefficient (Wildman–Crippen LogP) is 4.40. The Morgan fingerprint density at radius 3 is 1.78 bits per heavy atom. The number of halogens is 1. The Balaban J connectivity index is 2.34. The van der Waals surface area contributed by atoms with E-state index in [4.69, 9.17) is 6.42 Å². The smallest absolute Gasteiger partial charge is 0.123 e. The number of hydrogen-bond donors (Lipinski definition) is 0. The van der Waals surface area contributed by atoms with Gasteiger partial charge in [0.15, 0.2) is 0 Å². The largest absolute Gasteiger partial charge is 0.207 e. The summed E-state index contributed by atoms with van der Waals surface area (Å²) in [4.78, 5) is 0. The van der Waals surface area contributed by atoms with Crippen molar-refractivity contribution in [2.24, 2.45) is 0 Å². The van der Waals surface area contributed by atoms with Crippen LogP contribution in [-0.4, -0.2) is 0 Å². The highest BCUT2D eigenvalue weighted by atomic mass is 19.1. The number of benzene rings is 2. The van der Waals surface area contributed by atoms with Crippen LogP contribution in [0.15, 0.2) is 48.5 Å². The van der Waals surface area contributed by atoms with E-state index in [1.165, 1.54) is 12.1 Å². The van der Waals surface area contributed by atoms with Gasteiger partial charge in [-0.15, -0.1) is 6.42 Å². The first-order valence-electron chi connectivity index (χ1n) is 5.87. The van der Waals surface area contributed by atoms with E-state index >= 15 is 0 Å². The highest BCUT2D eigenvalue weighted by molar-refractivity contribution is 5.63. The predicted molar refractivity (Wildman–Crippen MR) is 73.7 cm³/mol. The monoisotopic (exact) mass is 238 g/mol. The minimum Gasteiger partial charge on any atom is -0.207 e. The van der Waals surface area contributed by atoms with E-state index in [2.05, 4.69) is 5.92 Å². The van der Waals surface area contributed by atoms with Crippen LogP contribution in [0.1, 0.15) is 19.4 Å². The molecule has 0 saturated heterocycles. The Morgan fingerprint density at radius 2 is 1.33 bits per heavy atom. The van der Waals surface area contributed by atoms with Crippen molar-refractivity contribution in [3.8, 4) is 23.5 Å². The Morgan fingerprint density at radius 1 is 0.889 bits per heavy atom. The van der Waals surface area contributed by atoms with Crippen LogP contribution in [0.25, 0.3) is 11.1 Å². The number of hydrogen-bond acceptors (Lipinski definition) is 0. The van der Waals surface area contributed by atoms with E-state index < -0.39 is 0 Å². The fraction of sp³-hybridized carbons (Fsp3) is 0.176. The van der Waals surface area contributed by atoms with Crippen LogP contribution in [0, 0.1) is 18.2 Å². The lowest BCUT2D eigenvalue weighted by molar-refractivity contribution is 0.628. The fourth-order valence-corrected chi connectivity index (χ4v) is 1.81. The van der Waals surface area contributed by atoms with E-state index in [9.17, 15) is 4.39 Å². The summed E-state index contributed by atoms with van der Waals surface area (Å²) >= 11 is 0. The van der Waals surface area contributed by atoms with Crippen LogP contribution in [0.5, 0.6) is 0 Å². The normalized spacial score (nSPS) is 11.0. The Hall–Kier alpha value is -2.07. The summed E-state index contributed by atoms with van der Waals surface area (Å²) in [7, 11) is 0. The molecule has 0 bridgehead atoms. The molecule has 0 aliphatic carbocycles. The summed E-state index contributed by atoms with van der Waals surface area (Å²) in [5.74, 6) is 2.56. The average Bonchev–Trinajstić information content (AvgIpc) is 2.40. The van der Waals surface area contributed by atoms with Gasteiger partial charge in [0.25, 0.3) is 0 Å². The van der Waals surface area contributed by atoms with Crippen LogP contribution in [-0.2, 0) is 5.41 Å². The highest BCUT2D eigenvalue weighted by Gasteiger charge is 2.16. The van der Waals surface area contributed by atoms with Crippen molar-refractivity contribution in [2.45, 2.75) is 19.3 Å². The zero-order chi connectivity index (χ0) is 13.2. The van der Waals surface area contributed by atoms with Crippen molar-refractivity contribution in [3.63, 3.8) is 0 Å². The highest BCUT2D eigenvalue weighted by Crippen LogP contribution is 2.26. The second-order valence-corrected chi connectivity index (χ2v) is 4.85. The molecule has 0 atom stereocenters. The van der Waals surface area contributed by atoms with Gasteiger partial charge in [-0.2, -0.15) is 0 Å². The van der Waals surface area contributed by atoms with Crippen molar-refractivity contribution in [2.75, 3.05) is 0 Å². The summed E-state index contributed by atoms with van der Waals surface area (Å²) < 4.78 is 12.8. The molecule has 90 valence electrons. The van der Waals surface area contributed by atoms with Crippen LogP contribution in [0.3, 0.4) is 0 Å². The first-order valence-corrected chi connectivity index (χ1v) is 5.87. The first-order chi connectivity index (χ1) is 8.53. The number of rotatable bonds is 2. The molecule has 1 heteroatoms. The lowest BCUT2D eigenvalue weighted by Crippen LogP contribution is -2.13. The molecular formula is C17H15F. The van der Waals surface area contributed by atoms with Gasteiger partial charge in [-0.1, -0.05) is 42.3 Å². The second kappa shape index (κ2) is 4.66. The molecule has 0 fully saturated rings. The molecule has 2 aromatic carbocycles. The molecule has 18 heavy (non-hydrogen) atoms. The summed E-state index contributed by atoms with van der Waals surface area (Å²) in [6, 6.07) is 14.6. The van der Waals surface area contributed by atoms with Gasteiger partial charge in [0.2, 0.25) is 0 Å². The van der Waals surface area contributed by atoms with E-state index in [-0.39, 0.29) is 11.2 Å². The third-order valence-corrected chi connectivity index (χ3v) is 3.14. The SMILES string of the molecule is C#CC(C)(C)c1ccc(-c2ccc(F)cc2)cc1. The van der Waals surface area contributed by atoms with Crippen molar-refractivity contribution >= 4 is 0 Å². The molecule has 2 aromatic rings. The molecule has 0 aliphatic heterocycles. The van der Waals surface area contributed by atoms with Gasteiger partial charge in [-0.25, -0.2) is 4.39 Å². The zero-order valence-electron chi connectivity index (χ0n) is 10.6. The second-order valence-electron chi connectivity index (χ2n) is 4.85. The molecule has 0 spiro atoms. The fourth-order valence-electron chi connectivity index (χ4n) is 1.81. The lowest BCUT2D eigenvalue weighted by Gasteiger charge is -2.18. The van der Waals surface area contributed by atoms with Crippen LogP contribution < -0.4 is 0 Å². The molecule has 0 aliphatic rings. The molecule has 0 amide bonds. The minimum absolute atomic E-state index is 0.219. The topological polar surface area (TPSA) is 0 Å². The van der Waals surface area contributed by atoms with Gasteiger partial charge < -0.3 is 0 Å². The molecule has 0 N–H and O–H groups in total. The molecule has 0 radical (unpaired) electrons. The molecule has 0 heterocycles. The average molecular weight is 238 g/mol. The molecule has 0 aromatic heterocycles. The van der Waals surface area contributed by atoms with E-state index in [0.717, 1.165) is 16.7 Å². The molecular weight excluding hydrogens is 223 g/mol. The first kappa shape index (κ1) is 12.4. The van der Waals surface area contributed by atoms with Crippen LogP contribution in [0.2, 0.25) is 0 Å². The van der Waals surface area contributed by atoms with Crippen molar-refractivity contribution in [1.29, 1.82) is 0 Å². The van der Waals surface area contributed by atoms with Crippen molar-refractivity contribution in [3.05, 3.63) is 59.9 Å². The van der Waals surface area contributed by atoms with E-state index in [0.29, 0.717) is 0 Å². The summed E-state index contributed by atoms with van der Waals surface area (Å²) in [6.45, 7) is 4.03. The van der Waals surface area contributed by atoms with Gasteiger partial charge in [0.05, 0.1) is 5.41 Å². The zero-order valence-corrected chi connectivity index (χ0v) is 10.6. The summed E-state index contributed by atoms with van der Waals surface area (Å²) in [5.41, 5.74) is 2.91. The van der Waals surface area contributed by atoms with Crippen molar-refractivity contribution < 1.29 is 4.39 Å². The Bertz CT molecular complexity index is 569. The molecule has 0 nitrogen and oxygen atoms in total. The van der Waals surface area contributed by atoms with Gasteiger partial charge in [-0.3, -0.25) is 0 Å². The maximum absolute atomic E-state index is 12.8. The maximum Gasteiger partial charge on any atom is 0.123 e. The molecule has 0 unspecified atom stereocenters. The third-order valence-electron chi connectivity index (χ3n) is 3.14. The standard InChI is InChI=1S/C17H15F/c1-4-17(2,3)15-9-5-13(6-10-15)14-7-11-16(18)12-8-14/h1,5-12H,2-3H3. The van der Waals surface area contributed by atoms with Gasteiger partial charge in [-0.05, 0) is 42.7 Å². The number of terminal acetylenes is 1. The summed E-state index contributed by atoms with van der Waals surface area (Å²) in [6.07, 6.45) is 5.51. The van der Waals surface area contributed by atoms with Crippen LogP contribution in [0.4, 0.5) is 4.39 Å². The van der Waals surface area contributed by atoms with Crippen LogP contribution >= 0.6 is 0 Å². The molecule has 2 rings (SSSR count). The third kappa shape index (κ3) is 2.43. The summed E-state index contributed by atoms with van der Waals surface area (Å²) in [5, 5.41) is 0. The van der Waals surface area contributed by atoms with Gasteiger partial charge >= 0.3 is 0 Å². The maximum atomic E-state index is 12.8. The van der Waals surface area contributed by atoms with Crippen molar-refractivity contribution in [1.82, 2.24) is 0 Å². The quantitative estimate of drug-likeness (QED) is 0.680. The Kier molecular flexibility index (Phi) is 3.21. The minimum atomic E-state index is -0.263. The Labute approximate surface area is 107 Å². The van der Waals surface area contributed by atoms with E-state index in [1.807, 2.05) is 38.1 Å². The van der Waals surface area contributed by atoms with Gasteiger partial charge in [0, 0.05) is 0 Å². The lowest BCUT2D eigenvalue weighted by atomic mass is 9.85. The van der Waals surface area contributed by atoms with Gasteiger partial charge in [0.1, 0.15) is 5.82 Å².